The topological polar surface area (TPSA) is 115 Å². The number of rotatable bonds is 7. The van der Waals surface area contributed by atoms with Crippen LogP contribution in [0.15, 0.2) is 82.5 Å². The van der Waals surface area contributed by atoms with E-state index in [9.17, 15) is 18.0 Å². The molecule has 3 aromatic carbocycles. The third kappa shape index (κ3) is 4.43. The molecule has 36 heavy (non-hydrogen) atoms. The summed E-state index contributed by atoms with van der Waals surface area (Å²) in [6.45, 7) is -0.158. The molecule has 0 saturated carbocycles. The Morgan fingerprint density at radius 1 is 0.972 bits per heavy atom. The first-order chi connectivity index (χ1) is 17.4. The summed E-state index contributed by atoms with van der Waals surface area (Å²) < 4.78 is 44.5. The van der Waals surface area contributed by atoms with Gasteiger partial charge in [0.2, 0.25) is 16.8 Å². The van der Waals surface area contributed by atoms with Crippen molar-refractivity contribution in [1.29, 1.82) is 0 Å². The highest BCUT2D eigenvalue weighted by atomic mass is 32.2. The number of nitrogens with zero attached hydrogens (tertiary/aromatic N) is 1. The molecule has 1 aliphatic heterocycles. The fourth-order valence-corrected chi connectivity index (χ4v) is 5.66. The molecule has 2 heterocycles. The van der Waals surface area contributed by atoms with E-state index in [1.54, 1.807) is 48.5 Å². The number of hydrogen-bond donors (Lipinski definition) is 1. The zero-order valence-corrected chi connectivity index (χ0v) is 20.1. The summed E-state index contributed by atoms with van der Waals surface area (Å²) in [5.74, 6) is 0.299. The Morgan fingerprint density at radius 2 is 1.67 bits per heavy atom. The number of sulfonamides is 1. The molecule has 9 nitrogen and oxygen atoms in total. The van der Waals surface area contributed by atoms with E-state index in [1.807, 2.05) is 6.07 Å². The van der Waals surface area contributed by atoms with E-state index < -0.39 is 21.6 Å². The average Bonchev–Trinajstić information content (AvgIpc) is 3.34. The maximum absolute atomic E-state index is 13.9. The Labute approximate surface area is 206 Å². The van der Waals surface area contributed by atoms with Crippen LogP contribution < -0.4 is 15.0 Å². The summed E-state index contributed by atoms with van der Waals surface area (Å²) in [5.41, 5.74) is 0.976. The molecule has 10 heteroatoms. The van der Waals surface area contributed by atoms with Crippen molar-refractivity contribution in [1.82, 2.24) is 9.29 Å². The minimum Gasteiger partial charge on any atom is -0.465 e. The fourth-order valence-electron chi connectivity index (χ4n) is 4.07. The first-order valence-corrected chi connectivity index (χ1v) is 12.5. The molecule has 0 fully saturated rings. The number of aromatic nitrogens is 1. The predicted molar refractivity (Wildman–Crippen MR) is 131 cm³/mol. The number of ether oxygens (including phenoxy) is 3. The maximum Gasteiger partial charge on any atom is 0.339 e. The second-order valence-electron chi connectivity index (χ2n) is 8.16. The highest BCUT2D eigenvalue weighted by molar-refractivity contribution is 7.89. The molecule has 0 amide bonds. The lowest BCUT2D eigenvalue weighted by Gasteiger charge is -2.23. The van der Waals surface area contributed by atoms with Crippen LogP contribution in [0.3, 0.4) is 0 Å². The minimum absolute atomic E-state index is 0.0166. The molecule has 5 rings (SSSR count). The number of benzene rings is 3. The number of aromatic amines is 1. The second-order valence-corrected chi connectivity index (χ2v) is 10.1. The highest BCUT2D eigenvalue weighted by Gasteiger charge is 2.30. The zero-order chi connectivity index (χ0) is 25.3. The zero-order valence-electron chi connectivity index (χ0n) is 19.3. The van der Waals surface area contributed by atoms with Crippen LogP contribution in [0.5, 0.6) is 11.5 Å². The number of fused-ring (bicyclic) bond motifs is 2. The second kappa shape index (κ2) is 9.48. The largest absolute Gasteiger partial charge is 0.465 e. The first kappa shape index (κ1) is 23.6. The lowest BCUT2D eigenvalue weighted by Crippen LogP contribution is -2.33. The number of methoxy groups -OCH3 is 1. The van der Waals surface area contributed by atoms with Crippen LogP contribution in [0.25, 0.3) is 10.9 Å². The lowest BCUT2D eigenvalue weighted by atomic mass is 10.1. The molecule has 1 N–H and O–H groups in total. The lowest BCUT2D eigenvalue weighted by molar-refractivity contribution is 0.0596. The van der Waals surface area contributed by atoms with Crippen molar-refractivity contribution >= 4 is 26.9 Å². The molecule has 0 atom stereocenters. The summed E-state index contributed by atoms with van der Waals surface area (Å²) in [5, 5.41) is 0.667. The third-order valence-corrected chi connectivity index (χ3v) is 7.72. The molecule has 0 aliphatic carbocycles. The molecular weight excluding hydrogens is 484 g/mol. The van der Waals surface area contributed by atoms with Crippen molar-refractivity contribution < 1.29 is 27.4 Å². The van der Waals surface area contributed by atoms with Gasteiger partial charge in [-0.1, -0.05) is 42.5 Å². The number of carbonyl (C=O) groups is 1. The molecule has 1 aliphatic rings. The van der Waals surface area contributed by atoms with Crippen molar-refractivity contribution in [2.24, 2.45) is 0 Å². The number of nitrogens with one attached hydrogen (secondary N) is 1. The average molecular weight is 507 g/mol. The van der Waals surface area contributed by atoms with Gasteiger partial charge in [0.05, 0.1) is 23.1 Å². The van der Waals surface area contributed by atoms with Gasteiger partial charge in [-0.3, -0.25) is 4.79 Å². The minimum atomic E-state index is -4.23. The van der Waals surface area contributed by atoms with Crippen LogP contribution in [0, 0.1) is 0 Å². The summed E-state index contributed by atoms with van der Waals surface area (Å²) in [4.78, 5) is 27.9. The summed E-state index contributed by atoms with van der Waals surface area (Å²) in [6, 6.07) is 19.9. The van der Waals surface area contributed by atoms with E-state index in [4.69, 9.17) is 14.2 Å². The van der Waals surface area contributed by atoms with E-state index in [2.05, 4.69) is 4.98 Å². The molecule has 184 valence electrons. The predicted octanol–water partition coefficient (Wildman–Crippen LogP) is 3.43. The van der Waals surface area contributed by atoms with Gasteiger partial charge in [-0.25, -0.2) is 13.2 Å². The van der Waals surface area contributed by atoms with Crippen LogP contribution in [0.4, 0.5) is 0 Å². The fraction of sp³-hybridized carbons (Fsp3) is 0.154. The number of esters is 1. The monoisotopic (exact) mass is 506 g/mol. The number of hydrogen-bond acceptors (Lipinski definition) is 7. The normalized spacial score (nSPS) is 12.7. The Bertz CT molecular complexity index is 1610. The molecule has 0 bridgehead atoms. The smallest absolute Gasteiger partial charge is 0.339 e. The molecule has 0 radical (unpaired) electrons. The van der Waals surface area contributed by atoms with Crippen LogP contribution in [-0.2, 0) is 27.8 Å². The Balaban J connectivity index is 1.60. The van der Waals surface area contributed by atoms with E-state index >= 15 is 0 Å². The van der Waals surface area contributed by atoms with Gasteiger partial charge < -0.3 is 19.2 Å². The van der Waals surface area contributed by atoms with Crippen LogP contribution >= 0.6 is 0 Å². The third-order valence-electron chi connectivity index (χ3n) is 5.87. The summed E-state index contributed by atoms with van der Waals surface area (Å²) in [6.07, 6.45) is 0. The van der Waals surface area contributed by atoms with Crippen molar-refractivity contribution in [3.63, 3.8) is 0 Å². The van der Waals surface area contributed by atoms with Crippen molar-refractivity contribution in [2.45, 2.75) is 18.0 Å². The SMILES string of the molecule is COC(=O)c1ccccc1S(=O)(=O)N(Cc1ccccc1)Cc1cc2cc3c(cc2[nH]c1=O)OCO3. The van der Waals surface area contributed by atoms with Gasteiger partial charge in [-0.15, -0.1) is 0 Å². The Morgan fingerprint density at radius 3 is 2.42 bits per heavy atom. The van der Waals surface area contributed by atoms with Gasteiger partial charge in [-0.05, 0) is 29.8 Å². The first-order valence-electron chi connectivity index (χ1n) is 11.0. The van der Waals surface area contributed by atoms with Gasteiger partial charge in [0.1, 0.15) is 0 Å². The summed E-state index contributed by atoms with van der Waals surface area (Å²) in [7, 11) is -3.04. The van der Waals surface area contributed by atoms with Crippen LogP contribution in [0.1, 0.15) is 21.5 Å². The van der Waals surface area contributed by atoms with Gasteiger partial charge >= 0.3 is 5.97 Å². The van der Waals surface area contributed by atoms with Gasteiger partial charge in [-0.2, -0.15) is 4.31 Å². The highest BCUT2D eigenvalue weighted by Crippen LogP contribution is 2.35. The number of H-pyrrole nitrogens is 1. The Kier molecular flexibility index (Phi) is 6.21. The van der Waals surface area contributed by atoms with Crippen LogP contribution in [-0.4, -0.2) is 37.6 Å². The molecular formula is C26H22N2O7S. The van der Waals surface area contributed by atoms with E-state index in [0.29, 0.717) is 22.4 Å². The maximum atomic E-state index is 13.9. The van der Waals surface area contributed by atoms with Crippen molar-refractivity contribution in [3.8, 4) is 11.5 Å². The molecule has 1 aromatic heterocycles. The molecule has 0 spiro atoms. The van der Waals surface area contributed by atoms with Crippen molar-refractivity contribution in [3.05, 3.63) is 99.8 Å². The molecule has 0 unspecified atom stereocenters. The molecule has 4 aromatic rings. The van der Waals surface area contributed by atoms with E-state index in [0.717, 1.165) is 5.56 Å². The summed E-state index contributed by atoms with van der Waals surface area (Å²) >= 11 is 0. The van der Waals surface area contributed by atoms with Gasteiger partial charge in [0.15, 0.2) is 11.5 Å². The number of pyridine rings is 1. The quantitative estimate of drug-likeness (QED) is 0.382. The van der Waals surface area contributed by atoms with E-state index in [-0.39, 0.29) is 35.9 Å². The van der Waals surface area contributed by atoms with Gasteiger partial charge in [0, 0.05) is 30.1 Å². The molecule has 0 saturated heterocycles. The van der Waals surface area contributed by atoms with Crippen LogP contribution in [0.2, 0.25) is 0 Å². The van der Waals surface area contributed by atoms with E-state index in [1.165, 1.54) is 29.6 Å². The Hall–Kier alpha value is -4.15. The number of carbonyl (C=O) groups excluding carboxylic acids is 1. The van der Waals surface area contributed by atoms with Crippen molar-refractivity contribution in [2.75, 3.05) is 13.9 Å². The van der Waals surface area contributed by atoms with Gasteiger partial charge in [0.25, 0.3) is 5.56 Å². The standard InChI is InChI=1S/C26H22N2O7S/c1-33-26(30)20-9-5-6-10-24(20)36(31,32)28(14-17-7-3-2-4-8-17)15-19-11-18-12-22-23(35-16-34-22)13-21(18)27-25(19)29/h2-13H,14-16H2,1H3,(H,27,29).